The molecule has 0 saturated carbocycles. The van der Waals surface area contributed by atoms with Gasteiger partial charge in [-0.1, -0.05) is 25.5 Å². The molecule has 5 heteroatoms. The van der Waals surface area contributed by atoms with Gasteiger partial charge in [-0.3, -0.25) is 15.6 Å². The molecule has 0 fully saturated rings. The minimum atomic E-state index is 0. The van der Waals surface area contributed by atoms with E-state index in [2.05, 4.69) is 23.1 Å². The van der Waals surface area contributed by atoms with Gasteiger partial charge in [-0.25, -0.2) is 0 Å². The summed E-state index contributed by atoms with van der Waals surface area (Å²) < 4.78 is 0. The Morgan fingerprint density at radius 2 is 1.89 bits per heavy atom. The molecule has 1 amide bonds. The number of nitrogens with one attached hydrogen (secondary N) is 3. The van der Waals surface area contributed by atoms with Crippen LogP contribution in [0.4, 0.5) is 0 Å². The van der Waals surface area contributed by atoms with Crippen LogP contribution in [0.5, 0.6) is 0 Å². The molecule has 4 nitrogen and oxygen atoms in total. The van der Waals surface area contributed by atoms with Gasteiger partial charge in [-0.2, -0.15) is 0 Å². The lowest BCUT2D eigenvalue weighted by atomic mass is 10.1. The highest BCUT2D eigenvalue weighted by atomic mass is 79.9. The zero-order chi connectivity index (χ0) is 12.5. The van der Waals surface area contributed by atoms with Crippen LogP contribution >= 0.6 is 17.0 Å². The molecule has 0 bridgehead atoms. The van der Waals surface area contributed by atoms with Crippen LogP contribution in [0, 0.1) is 0 Å². The fraction of sp³-hybridized carbons (Fsp3) is 0.462. The normalized spacial score (nSPS) is 9.67. The Morgan fingerprint density at radius 1 is 1.22 bits per heavy atom. The number of benzene rings is 1. The van der Waals surface area contributed by atoms with E-state index in [1.54, 1.807) is 0 Å². The van der Waals surface area contributed by atoms with E-state index in [9.17, 15) is 4.79 Å². The molecule has 0 radical (unpaired) electrons. The van der Waals surface area contributed by atoms with Crippen LogP contribution in [0.15, 0.2) is 24.3 Å². The molecule has 1 rings (SSSR count). The zero-order valence-electron chi connectivity index (χ0n) is 11.0. The van der Waals surface area contributed by atoms with E-state index < -0.39 is 0 Å². The number of hydrazine groups is 1. The molecular formula is C13H22BrN3O. The Labute approximate surface area is 119 Å². The van der Waals surface area contributed by atoms with Gasteiger partial charge < -0.3 is 5.32 Å². The maximum Gasteiger partial charge on any atom is 0.251 e. The van der Waals surface area contributed by atoms with Gasteiger partial charge in [0.15, 0.2) is 0 Å². The number of carbonyl (C=O) groups excluding carboxylic acids is 1. The Bertz CT molecular complexity index is 341. The first-order chi connectivity index (χ1) is 8.27. The Morgan fingerprint density at radius 3 is 2.44 bits per heavy atom. The molecular weight excluding hydrogens is 294 g/mol. The molecule has 3 N–H and O–H groups in total. The van der Waals surface area contributed by atoms with Crippen molar-refractivity contribution in [3.05, 3.63) is 35.4 Å². The van der Waals surface area contributed by atoms with Crippen molar-refractivity contribution >= 4 is 22.9 Å². The van der Waals surface area contributed by atoms with Gasteiger partial charge >= 0.3 is 0 Å². The second-order valence-electron chi connectivity index (χ2n) is 3.91. The summed E-state index contributed by atoms with van der Waals surface area (Å²) in [6, 6.07) is 7.63. The molecule has 0 aliphatic rings. The third-order valence-electron chi connectivity index (χ3n) is 2.50. The van der Waals surface area contributed by atoms with E-state index in [1.165, 1.54) is 0 Å². The van der Waals surface area contributed by atoms with Crippen LogP contribution in [0.25, 0.3) is 0 Å². The Balaban J connectivity index is 0.00000289. The van der Waals surface area contributed by atoms with Crippen molar-refractivity contribution in [1.82, 2.24) is 16.2 Å². The van der Waals surface area contributed by atoms with Crippen molar-refractivity contribution in [3.8, 4) is 0 Å². The summed E-state index contributed by atoms with van der Waals surface area (Å²) in [5, 5.41) is 2.90. The van der Waals surface area contributed by atoms with Gasteiger partial charge in [0.05, 0.1) is 0 Å². The summed E-state index contributed by atoms with van der Waals surface area (Å²) in [5.41, 5.74) is 7.72. The topological polar surface area (TPSA) is 53.2 Å². The van der Waals surface area contributed by atoms with Gasteiger partial charge in [0, 0.05) is 18.7 Å². The monoisotopic (exact) mass is 315 g/mol. The number of amides is 1. The molecule has 0 aliphatic carbocycles. The lowest BCUT2D eigenvalue weighted by Gasteiger charge is -2.06. The molecule has 1 aromatic carbocycles. The number of halogens is 1. The van der Waals surface area contributed by atoms with Crippen LogP contribution in [0.3, 0.4) is 0 Å². The summed E-state index contributed by atoms with van der Waals surface area (Å²) in [6.45, 7) is 3.60. The van der Waals surface area contributed by atoms with Crippen molar-refractivity contribution < 1.29 is 4.79 Å². The van der Waals surface area contributed by atoms with Crippen molar-refractivity contribution in [2.24, 2.45) is 0 Å². The number of carbonyl (C=O) groups is 1. The van der Waals surface area contributed by atoms with Crippen LogP contribution in [0.2, 0.25) is 0 Å². The minimum Gasteiger partial charge on any atom is -0.352 e. The second-order valence-corrected chi connectivity index (χ2v) is 3.91. The average molecular weight is 316 g/mol. The fourth-order valence-corrected chi connectivity index (χ4v) is 1.45. The van der Waals surface area contributed by atoms with E-state index in [4.69, 9.17) is 0 Å². The first kappa shape index (κ1) is 17.1. The van der Waals surface area contributed by atoms with Gasteiger partial charge in [0.1, 0.15) is 0 Å². The van der Waals surface area contributed by atoms with E-state index in [1.807, 2.05) is 31.3 Å². The predicted octanol–water partition coefficient (Wildman–Crippen LogP) is 2.02. The summed E-state index contributed by atoms with van der Waals surface area (Å²) in [7, 11) is 1.83. The first-order valence-corrected chi connectivity index (χ1v) is 6.04. The number of hydrogen-bond acceptors (Lipinski definition) is 3. The predicted molar refractivity (Wildman–Crippen MR) is 79.9 cm³/mol. The first-order valence-electron chi connectivity index (χ1n) is 6.04. The number of hydrogen-bond donors (Lipinski definition) is 3. The largest absolute Gasteiger partial charge is 0.352 e. The highest BCUT2D eigenvalue weighted by Gasteiger charge is 2.03. The van der Waals surface area contributed by atoms with E-state index >= 15 is 0 Å². The summed E-state index contributed by atoms with van der Waals surface area (Å²) in [5.74, 6) is 0.00609. The van der Waals surface area contributed by atoms with Gasteiger partial charge in [0.2, 0.25) is 0 Å². The van der Waals surface area contributed by atoms with E-state index in [0.717, 1.165) is 31.5 Å². The second kappa shape index (κ2) is 10.1. The molecule has 18 heavy (non-hydrogen) atoms. The quantitative estimate of drug-likeness (QED) is 0.533. The third-order valence-corrected chi connectivity index (χ3v) is 2.50. The summed E-state index contributed by atoms with van der Waals surface area (Å²) >= 11 is 0. The zero-order valence-corrected chi connectivity index (χ0v) is 12.7. The molecule has 0 heterocycles. The SMILES string of the molecule is Br.CCCCNC(=O)c1ccc(CNNC)cc1. The molecule has 0 unspecified atom stereocenters. The Hall–Kier alpha value is -0.910. The van der Waals surface area contributed by atoms with Crippen LogP contribution in [0.1, 0.15) is 35.7 Å². The number of rotatable bonds is 7. The minimum absolute atomic E-state index is 0. The molecule has 0 atom stereocenters. The van der Waals surface area contributed by atoms with Crippen molar-refractivity contribution in [2.75, 3.05) is 13.6 Å². The lowest BCUT2D eigenvalue weighted by molar-refractivity contribution is 0.0953. The van der Waals surface area contributed by atoms with Crippen molar-refractivity contribution in [3.63, 3.8) is 0 Å². The van der Waals surface area contributed by atoms with Crippen LogP contribution in [-0.2, 0) is 6.54 Å². The third kappa shape index (κ3) is 6.14. The van der Waals surface area contributed by atoms with E-state index in [0.29, 0.717) is 5.56 Å². The van der Waals surface area contributed by atoms with Crippen LogP contribution in [-0.4, -0.2) is 19.5 Å². The highest BCUT2D eigenvalue weighted by molar-refractivity contribution is 8.93. The maximum absolute atomic E-state index is 11.7. The Kier molecular flexibility index (Phi) is 9.55. The maximum atomic E-state index is 11.7. The standard InChI is InChI=1S/C13H21N3O.BrH/c1-3-4-9-15-13(17)12-7-5-11(6-8-12)10-16-14-2;/h5-8,14,16H,3-4,9-10H2,1-2H3,(H,15,17);1H. The highest BCUT2D eigenvalue weighted by Crippen LogP contribution is 2.04. The molecule has 0 spiro atoms. The van der Waals surface area contributed by atoms with Gasteiger partial charge in [0.25, 0.3) is 5.91 Å². The van der Waals surface area contributed by atoms with Gasteiger partial charge in [-0.15, -0.1) is 17.0 Å². The number of unbranched alkanes of at least 4 members (excludes halogenated alkanes) is 1. The smallest absolute Gasteiger partial charge is 0.251 e. The average Bonchev–Trinajstić information content (AvgIpc) is 2.37. The molecule has 0 aromatic heterocycles. The fourth-order valence-electron chi connectivity index (χ4n) is 1.45. The summed E-state index contributed by atoms with van der Waals surface area (Å²) in [6.07, 6.45) is 2.12. The van der Waals surface area contributed by atoms with Gasteiger partial charge in [-0.05, 0) is 31.2 Å². The van der Waals surface area contributed by atoms with Crippen molar-refractivity contribution in [2.45, 2.75) is 26.3 Å². The molecule has 1 aromatic rings. The summed E-state index contributed by atoms with van der Waals surface area (Å²) in [4.78, 5) is 11.7. The lowest BCUT2D eigenvalue weighted by Crippen LogP contribution is -2.27. The molecule has 102 valence electrons. The van der Waals surface area contributed by atoms with Crippen molar-refractivity contribution in [1.29, 1.82) is 0 Å². The van der Waals surface area contributed by atoms with Crippen LogP contribution < -0.4 is 16.2 Å². The molecule has 0 aliphatic heterocycles. The van der Waals surface area contributed by atoms with E-state index in [-0.39, 0.29) is 22.9 Å². The molecule has 0 saturated heterocycles.